The fourth-order valence-electron chi connectivity index (χ4n) is 3.75. The lowest BCUT2D eigenvalue weighted by atomic mass is 10.1. The molecule has 0 aliphatic carbocycles. The minimum atomic E-state index is -0.0636. The fraction of sp³-hybridized carbons (Fsp3) is 0.381. The van der Waals surface area contributed by atoms with Crippen molar-refractivity contribution in [2.45, 2.75) is 32.4 Å². The monoisotopic (exact) mass is 363 g/mol. The molecule has 27 heavy (non-hydrogen) atoms. The first kappa shape index (κ1) is 17.7. The molecule has 1 aliphatic heterocycles. The van der Waals surface area contributed by atoms with Crippen LogP contribution in [0, 0.1) is 0 Å². The molecule has 1 N–H and O–H groups in total. The standard InChI is InChI=1S/C21H25N5O/c1-25(15-17-11-20(27)24-19-8-4-3-7-18(17)19)14-16-12-22-21(23-13-16)26-9-5-2-6-10-26/h3-4,7-8,11-13H,2,5-6,9-10,14-15H2,1H3,(H,24,27). The van der Waals surface area contributed by atoms with Crippen molar-refractivity contribution in [2.75, 3.05) is 25.0 Å². The highest BCUT2D eigenvalue weighted by atomic mass is 16.1. The van der Waals surface area contributed by atoms with E-state index in [1.807, 2.05) is 36.7 Å². The highest BCUT2D eigenvalue weighted by Gasteiger charge is 2.13. The maximum Gasteiger partial charge on any atom is 0.248 e. The Morgan fingerprint density at radius 2 is 1.81 bits per heavy atom. The summed E-state index contributed by atoms with van der Waals surface area (Å²) < 4.78 is 0. The second kappa shape index (κ2) is 7.88. The second-order valence-electron chi connectivity index (χ2n) is 7.32. The zero-order chi connectivity index (χ0) is 18.6. The van der Waals surface area contributed by atoms with Gasteiger partial charge in [0.15, 0.2) is 0 Å². The Kier molecular flexibility index (Phi) is 5.16. The molecule has 3 heterocycles. The first-order valence-electron chi connectivity index (χ1n) is 9.54. The van der Waals surface area contributed by atoms with Gasteiger partial charge in [-0.2, -0.15) is 0 Å². The van der Waals surface area contributed by atoms with Gasteiger partial charge in [-0.3, -0.25) is 9.69 Å². The Bertz CT molecular complexity index is 960. The van der Waals surface area contributed by atoms with Gasteiger partial charge in [-0.25, -0.2) is 9.97 Å². The molecule has 0 saturated carbocycles. The number of anilines is 1. The number of benzene rings is 1. The molecule has 0 unspecified atom stereocenters. The van der Waals surface area contributed by atoms with Crippen LogP contribution in [0.25, 0.3) is 10.9 Å². The molecule has 0 spiro atoms. The van der Waals surface area contributed by atoms with E-state index in [9.17, 15) is 4.79 Å². The zero-order valence-corrected chi connectivity index (χ0v) is 15.7. The summed E-state index contributed by atoms with van der Waals surface area (Å²) in [6.07, 6.45) is 7.58. The maximum absolute atomic E-state index is 11.9. The predicted octanol–water partition coefficient (Wildman–Crippen LogP) is 2.94. The molecule has 0 radical (unpaired) electrons. The van der Waals surface area contributed by atoms with Crippen molar-refractivity contribution >= 4 is 16.9 Å². The summed E-state index contributed by atoms with van der Waals surface area (Å²) in [5.41, 5.74) is 2.92. The van der Waals surface area contributed by atoms with Crippen LogP contribution in [-0.4, -0.2) is 40.0 Å². The van der Waals surface area contributed by atoms with E-state index in [4.69, 9.17) is 0 Å². The number of nitrogens with one attached hydrogen (secondary N) is 1. The van der Waals surface area contributed by atoms with Gasteiger partial charge in [0, 0.05) is 61.1 Å². The lowest BCUT2D eigenvalue weighted by Gasteiger charge is -2.26. The molecule has 1 fully saturated rings. The summed E-state index contributed by atoms with van der Waals surface area (Å²) in [4.78, 5) is 28.4. The van der Waals surface area contributed by atoms with E-state index < -0.39 is 0 Å². The Morgan fingerprint density at radius 1 is 1.07 bits per heavy atom. The first-order chi connectivity index (χ1) is 13.2. The minimum absolute atomic E-state index is 0.0636. The van der Waals surface area contributed by atoms with Crippen molar-refractivity contribution in [3.05, 3.63) is 64.2 Å². The summed E-state index contributed by atoms with van der Waals surface area (Å²) >= 11 is 0. The fourth-order valence-corrected chi connectivity index (χ4v) is 3.75. The predicted molar refractivity (Wildman–Crippen MR) is 108 cm³/mol. The van der Waals surface area contributed by atoms with Crippen LogP contribution in [0.2, 0.25) is 0 Å². The molecule has 1 saturated heterocycles. The molecule has 1 aromatic carbocycles. The number of hydrogen-bond donors (Lipinski definition) is 1. The summed E-state index contributed by atoms with van der Waals surface area (Å²) in [6, 6.07) is 9.61. The van der Waals surface area contributed by atoms with Crippen LogP contribution in [0.15, 0.2) is 47.5 Å². The van der Waals surface area contributed by atoms with Crippen LogP contribution in [0.1, 0.15) is 30.4 Å². The van der Waals surface area contributed by atoms with Crippen molar-refractivity contribution in [3.63, 3.8) is 0 Å². The average molecular weight is 363 g/mol. The number of nitrogens with zero attached hydrogens (tertiary/aromatic N) is 4. The van der Waals surface area contributed by atoms with Crippen molar-refractivity contribution in [1.82, 2.24) is 19.9 Å². The van der Waals surface area contributed by atoms with Crippen LogP contribution in [0.3, 0.4) is 0 Å². The molecule has 6 nitrogen and oxygen atoms in total. The van der Waals surface area contributed by atoms with Crippen LogP contribution in [0.5, 0.6) is 0 Å². The third-order valence-electron chi connectivity index (χ3n) is 5.06. The van der Waals surface area contributed by atoms with Crippen molar-refractivity contribution in [2.24, 2.45) is 0 Å². The average Bonchev–Trinajstić information content (AvgIpc) is 2.69. The molecule has 3 aromatic rings. The molecule has 4 rings (SSSR count). The van der Waals surface area contributed by atoms with Crippen LogP contribution >= 0.6 is 0 Å². The van der Waals surface area contributed by atoms with Gasteiger partial charge in [0.25, 0.3) is 0 Å². The molecular weight excluding hydrogens is 338 g/mol. The molecular formula is C21H25N5O. The van der Waals surface area contributed by atoms with Gasteiger partial charge in [0.2, 0.25) is 11.5 Å². The van der Waals surface area contributed by atoms with E-state index in [1.54, 1.807) is 6.07 Å². The van der Waals surface area contributed by atoms with Gasteiger partial charge in [-0.05, 0) is 37.9 Å². The Hall–Kier alpha value is -2.73. The van der Waals surface area contributed by atoms with Gasteiger partial charge in [-0.1, -0.05) is 18.2 Å². The quantitative estimate of drug-likeness (QED) is 0.755. The van der Waals surface area contributed by atoms with E-state index >= 15 is 0 Å². The summed E-state index contributed by atoms with van der Waals surface area (Å²) in [5.74, 6) is 0.835. The summed E-state index contributed by atoms with van der Waals surface area (Å²) in [6.45, 7) is 3.53. The molecule has 0 bridgehead atoms. The maximum atomic E-state index is 11.9. The Morgan fingerprint density at radius 3 is 2.59 bits per heavy atom. The van der Waals surface area contributed by atoms with E-state index in [0.717, 1.165) is 47.6 Å². The summed E-state index contributed by atoms with van der Waals surface area (Å²) in [7, 11) is 2.05. The molecule has 2 aromatic heterocycles. The van der Waals surface area contributed by atoms with Crippen molar-refractivity contribution in [3.8, 4) is 0 Å². The number of rotatable bonds is 5. The topological polar surface area (TPSA) is 65.1 Å². The number of hydrogen-bond acceptors (Lipinski definition) is 5. The zero-order valence-electron chi connectivity index (χ0n) is 15.7. The Balaban J connectivity index is 1.45. The van der Waals surface area contributed by atoms with Crippen LogP contribution in [0.4, 0.5) is 5.95 Å². The third kappa shape index (κ3) is 4.17. The lowest BCUT2D eigenvalue weighted by Crippen LogP contribution is -2.31. The number of para-hydroxylation sites is 1. The second-order valence-corrected chi connectivity index (χ2v) is 7.32. The van der Waals surface area contributed by atoms with Crippen LogP contribution in [-0.2, 0) is 13.1 Å². The van der Waals surface area contributed by atoms with E-state index in [-0.39, 0.29) is 5.56 Å². The number of piperidine rings is 1. The molecule has 1 aliphatic rings. The smallest absolute Gasteiger partial charge is 0.248 e. The SMILES string of the molecule is CN(Cc1cnc(N2CCCCC2)nc1)Cc1cc(=O)[nH]c2ccccc12. The highest BCUT2D eigenvalue weighted by Crippen LogP contribution is 2.18. The van der Waals surface area contributed by atoms with Gasteiger partial charge in [0.05, 0.1) is 0 Å². The van der Waals surface area contributed by atoms with Gasteiger partial charge < -0.3 is 9.88 Å². The van der Waals surface area contributed by atoms with Crippen LogP contribution < -0.4 is 10.5 Å². The molecule has 0 atom stereocenters. The van der Waals surface area contributed by atoms with Gasteiger partial charge in [0.1, 0.15) is 0 Å². The number of fused-ring (bicyclic) bond motifs is 1. The van der Waals surface area contributed by atoms with Gasteiger partial charge >= 0.3 is 0 Å². The van der Waals surface area contributed by atoms with E-state index in [1.165, 1.54) is 19.3 Å². The largest absolute Gasteiger partial charge is 0.341 e. The minimum Gasteiger partial charge on any atom is -0.341 e. The number of aromatic amines is 1. The number of aromatic nitrogens is 3. The summed E-state index contributed by atoms with van der Waals surface area (Å²) in [5, 5.41) is 1.08. The molecule has 6 heteroatoms. The lowest BCUT2D eigenvalue weighted by molar-refractivity contribution is 0.319. The first-order valence-corrected chi connectivity index (χ1v) is 9.54. The number of H-pyrrole nitrogens is 1. The Labute approximate surface area is 158 Å². The normalized spacial score (nSPS) is 14.8. The van der Waals surface area contributed by atoms with E-state index in [2.05, 4.69) is 31.8 Å². The number of pyridine rings is 1. The molecule has 140 valence electrons. The highest BCUT2D eigenvalue weighted by molar-refractivity contribution is 5.81. The van der Waals surface area contributed by atoms with E-state index in [0.29, 0.717) is 6.54 Å². The van der Waals surface area contributed by atoms with Crippen molar-refractivity contribution in [1.29, 1.82) is 0 Å². The van der Waals surface area contributed by atoms with Crippen molar-refractivity contribution < 1.29 is 0 Å². The molecule has 0 amide bonds. The third-order valence-corrected chi connectivity index (χ3v) is 5.06. The van der Waals surface area contributed by atoms with Gasteiger partial charge in [-0.15, -0.1) is 0 Å².